The first kappa shape index (κ1) is 18.9. The molecule has 0 aliphatic heterocycles. The molecule has 27 heavy (non-hydrogen) atoms. The average molecular weight is 364 g/mol. The first-order valence-electron chi connectivity index (χ1n) is 9.18. The molecule has 0 heterocycles. The number of benzene rings is 2. The zero-order valence-corrected chi connectivity index (χ0v) is 15.5. The van der Waals surface area contributed by atoms with E-state index < -0.39 is 17.4 Å². The highest BCUT2D eigenvalue weighted by atomic mass is 16.6. The summed E-state index contributed by atoms with van der Waals surface area (Å²) in [7, 11) is 0. The average Bonchev–Trinajstić information content (AvgIpc) is 2.71. The summed E-state index contributed by atoms with van der Waals surface area (Å²) in [4.78, 5) is 25.9. The summed E-state index contributed by atoms with van der Waals surface area (Å²) < 4.78 is 11.1. The Hall–Kier alpha value is -2.88. The van der Waals surface area contributed by atoms with E-state index in [-0.39, 0.29) is 13.2 Å². The lowest BCUT2D eigenvalue weighted by Gasteiger charge is -2.32. The summed E-state index contributed by atoms with van der Waals surface area (Å²) in [5, 5.41) is 0. The Morgan fingerprint density at radius 1 is 0.852 bits per heavy atom. The molecule has 4 heteroatoms. The molecule has 140 valence electrons. The number of hydrogen-bond acceptors (Lipinski definition) is 4. The van der Waals surface area contributed by atoms with Crippen LogP contribution in [0.15, 0.2) is 72.3 Å². The van der Waals surface area contributed by atoms with Crippen molar-refractivity contribution in [1.29, 1.82) is 0 Å². The monoisotopic (exact) mass is 364 g/mol. The van der Waals surface area contributed by atoms with Gasteiger partial charge in [0.15, 0.2) is 5.41 Å². The molecule has 0 bridgehead atoms. The topological polar surface area (TPSA) is 52.6 Å². The Balaban J connectivity index is 1.71. The summed E-state index contributed by atoms with van der Waals surface area (Å²) in [6.45, 7) is 2.23. The largest absolute Gasteiger partial charge is 0.460 e. The van der Waals surface area contributed by atoms with Crippen molar-refractivity contribution in [3.05, 3.63) is 83.4 Å². The fourth-order valence-corrected chi connectivity index (χ4v) is 3.36. The van der Waals surface area contributed by atoms with E-state index in [1.165, 1.54) is 0 Å². The zero-order chi connectivity index (χ0) is 19.1. The molecule has 0 atom stereocenters. The molecule has 0 N–H and O–H groups in total. The second-order valence-corrected chi connectivity index (χ2v) is 6.97. The first-order chi connectivity index (χ1) is 13.1. The Morgan fingerprint density at radius 3 is 1.78 bits per heavy atom. The van der Waals surface area contributed by atoms with Crippen molar-refractivity contribution >= 4 is 11.9 Å². The van der Waals surface area contributed by atoms with Crippen molar-refractivity contribution < 1.29 is 19.1 Å². The number of carbonyl (C=O) groups excluding carboxylic acids is 2. The Bertz CT molecular complexity index is 753. The Labute approximate surface area is 159 Å². The molecule has 1 aliphatic carbocycles. The number of allylic oxidation sites excluding steroid dienone is 2. The van der Waals surface area contributed by atoms with Gasteiger partial charge in [-0.3, -0.25) is 9.59 Å². The molecule has 2 aromatic carbocycles. The van der Waals surface area contributed by atoms with E-state index >= 15 is 0 Å². The molecule has 2 aromatic rings. The van der Waals surface area contributed by atoms with Gasteiger partial charge in [0.25, 0.3) is 0 Å². The lowest BCUT2D eigenvalue weighted by molar-refractivity contribution is -0.175. The highest BCUT2D eigenvalue weighted by Crippen LogP contribution is 2.39. The molecular weight excluding hydrogens is 340 g/mol. The number of hydrogen-bond donors (Lipinski definition) is 0. The lowest BCUT2D eigenvalue weighted by atomic mass is 9.74. The Kier molecular flexibility index (Phi) is 6.07. The molecule has 0 spiro atoms. The molecule has 0 unspecified atom stereocenters. The predicted octanol–water partition coefficient (Wildman–Crippen LogP) is 4.59. The van der Waals surface area contributed by atoms with Gasteiger partial charge >= 0.3 is 11.9 Å². The van der Waals surface area contributed by atoms with Crippen LogP contribution in [0.5, 0.6) is 0 Å². The third-order valence-corrected chi connectivity index (χ3v) is 4.85. The summed E-state index contributed by atoms with van der Waals surface area (Å²) in [6.07, 6.45) is 3.47. The highest BCUT2D eigenvalue weighted by Gasteiger charge is 2.49. The van der Waals surface area contributed by atoms with Crippen LogP contribution in [0.3, 0.4) is 0 Å². The van der Waals surface area contributed by atoms with Gasteiger partial charge in [0.2, 0.25) is 0 Å². The molecule has 4 nitrogen and oxygen atoms in total. The van der Waals surface area contributed by atoms with Gasteiger partial charge < -0.3 is 9.47 Å². The second-order valence-electron chi connectivity index (χ2n) is 6.97. The third-order valence-electron chi connectivity index (χ3n) is 4.85. The van der Waals surface area contributed by atoms with Gasteiger partial charge in [-0.1, -0.05) is 72.3 Å². The normalized spacial score (nSPS) is 15.5. The van der Waals surface area contributed by atoms with E-state index in [0.29, 0.717) is 19.3 Å². The maximum Gasteiger partial charge on any atom is 0.324 e. The maximum atomic E-state index is 12.9. The van der Waals surface area contributed by atoms with Crippen LogP contribution in [0.2, 0.25) is 0 Å². The summed E-state index contributed by atoms with van der Waals surface area (Å²) in [6, 6.07) is 18.9. The third kappa shape index (κ3) is 4.64. The number of carbonyl (C=O) groups is 2. The van der Waals surface area contributed by atoms with Gasteiger partial charge in [0.1, 0.15) is 13.2 Å². The summed E-state index contributed by atoms with van der Waals surface area (Å²) >= 11 is 0. The van der Waals surface area contributed by atoms with Crippen LogP contribution >= 0.6 is 0 Å². The molecule has 0 saturated heterocycles. The fraction of sp³-hybridized carbons (Fsp3) is 0.304. The first-order valence-corrected chi connectivity index (χ1v) is 9.18. The van der Waals surface area contributed by atoms with Crippen LogP contribution in [0.25, 0.3) is 0 Å². The molecule has 0 amide bonds. The second kappa shape index (κ2) is 8.67. The molecule has 1 aliphatic rings. The van der Waals surface area contributed by atoms with Crippen molar-refractivity contribution in [2.24, 2.45) is 5.41 Å². The predicted molar refractivity (Wildman–Crippen MR) is 103 cm³/mol. The van der Waals surface area contributed by atoms with E-state index in [1.54, 1.807) is 0 Å². The van der Waals surface area contributed by atoms with Gasteiger partial charge in [0, 0.05) is 0 Å². The molecule has 0 saturated carbocycles. The molecule has 3 rings (SSSR count). The van der Waals surface area contributed by atoms with E-state index in [2.05, 4.69) is 6.08 Å². The highest BCUT2D eigenvalue weighted by molar-refractivity contribution is 6.00. The van der Waals surface area contributed by atoms with Gasteiger partial charge in [-0.2, -0.15) is 0 Å². The summed E-state index contributed by atoms with van der Waals surface area (Å²) in [5.74, 6) is -1.01. The quantitative estimate of drug-likeness (QED) is 0.427. The van der Waals surface area contributed by atoms with Gasteiger partial charge in [0.05, 0.1) is 0 Å². The maximum absolute atomic E-state index is 12.9. The smallest absolute Gasteiger partial charge is 0.324 e. The minimum absolute atomic E-state index is 0.149. The van der Waals surface area contributed by atoms with Crippen molar-refractivity contribution in [2.75, 3.05) is 0 Å². The van der Waals surface area contributed by atoms with Crippen LogP contribution in [0, 0.1) is 5.41 Å². The van der Waals surface area contributed by atoms with Crippen molar-refractivity contribution in [3.8, 4) is 0 Å². The van der Waals surface area contributed by atoms with Crippen molar-refractivity contribution in [1.82, 2.24) is 0 Å². The van der Waals surface area contributed by atoms with E-state index in [0.717, 1.165) is 16.7 Å². The number of rotatable bonds is 6. The van der Waals surface area contributed by atoms with E-state index in [4.69, 9.17) is 9.47 Å². The van der Waals surface area contributed by atoms with Gasteiger partial charge in [-0.05, 0) is 37.3 Å². The number of ether oxygens (including phenoxy) is 2. The molecule has 0 radical (unpaired) electrons. The van der Waals surface area contributed by atoms with Crippen LogP contribution in [-0.2, 0) is 32.3 Å². The van der Waals surface area contributed by atoms with Crippen LogP contribution in [0.4, 0.5) is 0 Å². The molecular formula is C23H24O4. The standard InChI is InChI=1S/C23H24O4/c1-18-9-8-14-23(15-18,21(24)26-16-19-10-4-2-5-11-19)22(25)27-17-20-12-6-3-7-13-20/h2-7,9-13H,8,14-17H2,1H3. The fourth-order valence-electron chi connectivity index (χ4n) is 3.36. The molecule has 0 aromatic heterocycles. The van der Waals surface area contributed by atoms with E-state index in [1.807, 2.05) is 67.6 Å². The van der Waals surface area contributed by atoms with Crippen LogP contribution in [-0.4, -0.2) is 11.9 Å². The SMILES string of the molecule is CC1=CCCC(C(=O)OCc2ccccc2)(C(=O)OCc2ccccc2)C1. The van der Waals surface area contributed by atoms with Crippen LogP contribution in [0.1, 0.15) is 37.3 Å². The van der Waals surface area contributed by atoms with Crippen molar-refractivity contribution in [3.63, 3.8) is 0 Å². The van der Waals surface area contributed by atoms with Gasteiger partial charge in [-0.15, -0.1) is 0 Å². The van der Waals surface area contributed by atoms with Crippen molar-refractivity contribution in [2.45, 2.75) is 39.4 Å². The van der Waals surface area contributed by atoms with Crippen LogP contribution < -0.4 is 0 Å². The number of esters is 2. The minimum atomic E-state index is -1.26. The zero-order valence-electron chi connectivity index (χ0n) is 15.5. The van der Waals surface area contributed by atoms with E-state index in [9.17, 15) is 9.59 Å². The Morgan fingerprint density at radius 2 is 1.33 bits per heavy atom. The minimum Gasteiger partial charge on any atom is -0.460 e. The lowest BCUT2D eigenvalue weighted by Crippen LogP contribution is -2.43. The molecule has 0 fully saturated rings. The van der Waals surface area contributed by atoms with Gasteiger partial charge in [-0.25, -0.2) is 0 Å². The summed E-state index contributed by atoms with van der Waals surface area (Å²) in [5.41, 5.74) is 1.53.